The van der Waals surface area contributed by atoms with E-state index in [1.54, 1.807) is 0 Å². The van der Waals surface area contributed by atoms with Crippen LogP contribution < -0.4 is 5.32 Å². The van der Waals surface area contributed by atoms with Crippen molar-refractivity contribution in [2.45, 2.75) is 31.7 Å². The van der Waals surface area contributed by atoms with Crippen LogP contribution in [0, 0.1) is 0 Å². The van der Waals surface area contributed by atoms with Gasteiger partial charge in [0.2, 0.25) is 5.91 Å². The first-order chi connectivity index (χ1) is 7.36. The lowest BCUT2D eigenvalue weighted by Crippen LogP contribution is -2.42. The topological polar surface area (TPSA) is 41.6 Å². The van der Waals surface area contributed by atoms with Crippen LogP contribution in [0.4, 0.5) is 0 Å². The Balaban J connectivity index is 1.65. The van der Waals surface area contributed by atoms with Gasteiger partial charge in [-0.3, -0.25) is 4.79 Å². The molecule has 0 unspecified atom stereocenters. The van der Waals surface area contributed by atoms with Crippen molar-refractivity contribution >= 4 is 5.91 Å². The molecule has 2 fully saturated rings. The Kier molecular flexibility index (Phi) is 3.97. The lowest BCUT2D eigenvalue weighted by Gasteiger charge is -2.24. The van der Waals surface area contributed by atoms with Crippen LogP contribution in [0.25, 0.3) is 0 Å². The van der Waals surface area contributed by atoms with E-state index in [-0.39, 0.29) is 5.91 Å². The molecule has 0 bridgehead atoms. The van der Waals surface area contributed by atoms with E-state index < -0.39 is 0 Å². The van der Waals surface area contributed by atoms with Crippen molar-refractivity contribution < 1.29 is 9.53 Å². The zero-order valence-corrected chi connectivity index (χ0v) is 9.21. The van der Waals surface area contributed by atoms with Crippen molar-refractivity contribution in [3.05, 3.63) is 0 Å². The normalized spacial score (nSPS) is 23.3. The van der Waals surface area contributed by atoms with E-state index in [0.717, 1.165) is 39.1 Å². The fourth-order valence-corrected chi connectivity index (χ4v) is 2.21. The molecule has 2 saturated heterocycles. The predicted octanol–water partition coefficient (Wildman–Crippen LogP) is 0.377. The van der Waals surface area contributed by atoms with Crippen LogP contribution in [0.15, 0.2) is 0 Å². The monoisotopic (exact) mass is 212 g/mol. The average Bonchev–Trinajstić information content (AvgIpc) is 2.81. The van der Waals surface area contributed by atoms with Gasteiger partial charge in [0.15, 0.2) is 0 Å². The highest BCUT2D eigenvalue weighted by Crippen LogP contribution is 2.08. The zero-order valence-electron chi connectivity index (χ0n) is 9.21. The van der Waals surface area contributed by atoms with E-state index in [1.807, 2.05) is 4.90 Å². The maximum Gasteiger partial charge on any atom is 0.236 e. The highest BCUT2D eigenvalue weighted by atomic mass is 16.5. The summed E-state index contributed by atoms with van der Waals surface area (Å²) in [6.45, 7) is 4.07. The van der Waals surface area contributed by atoms with E-state index in [1.165, 1.54) is 12.8 Å². The maximum atomic E-state index is 11.7. The number of likely N-dealkylation sites (tertiary alicyclic amines) is 1. The van der Waals surface area contributed by atoms with E-state index in [4.69, 9.17) is 4.74 Å². The number of hydrogen-bond donors (Lipinski definition) is 1. The minimum atomic E-state index is 0.263. The van der Waals surface area contributed by atoms with E-state index in [0.29, 0.717) is 12.6 Å². The Hall–Kier alpha value is -0.610. The molecule has 0 aromatic carbocycles. The smallest absolute Gasteiger partial charge is 0.236 e. The predicted molar refractivity (Wildman–Crippen MR) is 57.7 cm³/mol. The lowest BCUT2D eigenvalue weighted by molar-refractivity contribution is -0.129. The molecular formula is C11H20N2O2. The molecule has 0 atom stereocenters. The standard InChI is InChI=1S/C11H20N2O2/c14-11(13-5-1-2-6-13)9-12-10-3-7-15-8-4-10/h10,12H,1-9H2. The second kappa shape index (κ2) is 5.47. The van der Waals surface area contributed by atoms with E-state index in [9.17, 15) is 4.79 Å². The number of nitrogens with one attached hydrogen (secondary N) is 1. The molecule has 0 aliphatic carbocycles. The molecule has 1 N–H and O–H groups in total. The molecular weight excluding hydrogens is 192 g/mol. The first-order valence-electron chi connectivity index (χ1n) is 5.95. The Morgan fingerprint density at radius 1 is 1.27 bits per heavy atom. The minimum Gasteiger partial charge on any atom is -0.381 e. The highest BCUT2D eigenvalue weighted by molar-refractivity contribution is 5.78. The van der Waals surface area contributed by atoms with Gasteiger partial charge in [0.25, 0.3) is 0 Å². The molecule has 2 heterocycles. The summed E-state index contributed by atoms with van der Waals surface area (Å²) in [4.78, 5) is 13.7. The molecule has 0 saturated carbocycles. The molecule has 1 amide bonds. The van der Waals surface area contributed by atoms with Crippen LogP contribution in [0.5, 0.6) is 0 Å². The third-order valence-electron chi connectivity index (χ3n) is 3.22. The van der Waals surface area contributed by atoms with Gasteiger partial charge in [-0.1, -0.05) is 0 Å². The third kappa shape index (κ3) is 3.18. The Morgan fingerprint density at radius 2 is 1.93 bits per heavy atom. The van der Waals surface area contributed by atoms with Crippen molar-refractivity contribution in [1.29, 1.82) is 0 Å². The molecule has 4 heteroatoms. The van der Waals surface area contributed by atoms with Gasteiger partial charge in [-0.25, -0.2) is 0 Å². The number of amides is 1. The molecule has 2 rings (SSSR count). The van der Waals surface area contributed by atoms with Gasteiger partial charge in [0.05, 0.1) is 6.54 Å². The molecule has 2 aliphatic rings. The van der Waals surface area contributed by atoms with E-state index >= 15 is 0 Å². The third-order valence-corrected chi connectivity index (χ3v) is 3.22. The molecule has 15 heavy (non-hydrogen) atoms. The van der Waals surface area contributed by atoms with Crippen LogP contribution in [0.2, 0.25) is 0 Å². The summed E-state index contributed by atoms with van der Waals surface area (Å²) in [6.07, 6.45) is 4.41. The summed E-state index contributed by atoms with van der Waals surface area (Å²) in [6, 6.07) is 0.477. The summed E-state index contributed by atoms with van der Waals surface area (Å²) >= 11 is 0. The molecule has 0 radical (unpaired) electrons. The molecule has 0 aromatic rings. The fraction of sp³-hybridized carbons (Fsp3) is 0.909. The largest absolute Gasteiger partial charge is 0.381 e. The van der Waals surface area contributed by atoms with Crippen molar-refractivity contribution in [3.8, 4) is 0 Å². The summed E-state index contributed by atoms with van der Waals surface area (Å²) in [5.41, 5.74) is 0. The van der Waals surface area contributed by atoms with Gasteiger partial charge in [0.1, 0.15) is 0 Å². The second-order valence-corrected chi connectivity index (χ2v) is 4.36. The molecule has 86 valence electrons. The fourth-order valence-electron chi connectivity index (χ4n) is 2.21. The van der Waals surface area contributed by atoms with Crippen molar-refractivity contribution in [2.75, 3.05) is 32.8 Å². The number of nitrogens with zero attached hydrogens (tertiary/aromatic N) is 1. The number of ether oxygens (including phenoxy) is 1. The SMILES string of the molecule is O=C(CNC1CCOCC1)N1CCCC1. The van der Waals surface area contributed by atoms with Crippen molar-refractivity contribution in [1.82, 2.24) is 10.2 Å². The van der Waals surface area contributed by atoms with Crippen molar-refractivity contribution in [3.63, 3.8) is 0 Å². The van der Waals surface area contributed by atoms with Gasteiger partial charge in [-0.15, -0.1) is 0 Å². The number of carbonyl (C=O) groups is 1. The highest BCUT2D eigenvalue weighted by Gasteiger charge is 2.19. The second-order valence-electron chi connectivity index (χ2n) is 4.36. The van der Waals surface area contributed by atoms with Crippen LogP contribution >= 0.6 is 0 Å². The number of rotatable bonds is 3. The van der Waals surface area contributed by atoms with Gasteiger partial charge >= 0.3 is 0 Å². The zero-order chi connectivity index (χ0) is 10.5. The molecule has 0 spiro atoms. The minimum absolute atomic E-state index is 0.263. The number of hydrogen-bond acceptors (Lipinski definition) is 3. The summed E-state index contributed by atoms with van der Waals surface area (Å²) in [7, 11) is 0. The average molecular weight is 212 g/mol. The summed E-state index contributed by atoms with van der Waals surface area (Å²) in [5, 5.41) is 3.33. The molecule has 2 aliphatic heterocycles. The van der Waals surface area contributed by atoms with Gasteiger partial charge in [-0.05, 0) is 25.7 Å². The first kappa shape index (κ1) is 10.9. The Labute approximate surface area is 91.0 Å². The Bertz CT molecular complexity index is 209. The van der Waals surface area contributed by atoms with Gasteiger partial charge in [0, 0.05) is 32.3 Å². The van der Waals surface area contributed by atoms with Crippen LogP contribution in [-0.4, -0.2) is 49.7 Å². The summed E-state index contributed by atoms with van der Waals surface area (Å²) in [5.74, 6) is 0.263. The number of carbonyl (C=O) groups excluding carboxylic acids is 1. The quantitative estimate of drug-likeness (QED) is 0.735. The first-order valence-corrected chi connectivity index (χ1v) is 5.95. The van der Waals surface area contributed by atoms with Crippen LogP contribution in [-0.2, 0) is 9.53 Å². The maximum absolute atomic E-state index is 11.7. The van der Waals surface area contributed by atoms with E-state index in [2.05, 4.69) is 5.32 Å². The Morgan fingerprint density at radius 3 is 2.60 bits per heavy atom. The van der Waals surface area contributed by atoms with Crippen LogP contribution in [0.1, 0.15) is 25.7 Å². The summed E-state index contributed by atoms with van der Waals surface area (Å²) < 4.78 is 5.27. The van der Waals surface area contributed by atoms with Gasteiger partial charge < -0.3 is 15.0 Å². The van der Waals surface area contributed by atoms with Crippen molar-refractivity contribution in [2.24, 2.45) is 0 Å². The van der Waals surface area contributed by atoms with Crippen LogP contribution in [0.3, 0.4) is 0 Å². The molecule has 0 aromatic heterocycles. The molecule has 4 nitrogen and oxygen atoms in total. The van der Waals surface area contributed by atoms with Gasteiger partial charge in [-0.2, -0.15) is 0 Å². The lowest BCUT2D eigenvalue weighted by atomic mass is 10.1.